The topological polar surface area (TPSA) is 89.9 Å². The van der Waals surface area contributed by atoms with Gasteiger partial charge < -0.3 is 14.6 Å². The number of carbonyl (C=O) groups is 3. The Balaban J connectivity index is 1.83. The molecule has 4 aliphatic carbocycles. The molecule has 0 aromatic carbocycles. The third-order valence-electron chi connectivity index (χ3n) is 10.0. The molecule has 0 aromatic heterocycles. The summed E-state index contributed by atoms with van der Waals surface area (Å²) in [4.78, 5) is 37.5. The number of ether oxygens (including phenoxy) is 2. The molecule has 4 aliphatic rings. The molecule has 4 saturated carbocycles. The van der Waals surface area contributed by atoms with Crippen LogP contribution in [0.3, 0.4) is 0 Å². The van der Waals surface area contributed by atoms with Crippen LogP contribution in [0.5, 0.6) is 0 Å². The van der Waals surface area contributed by atoms with E-state index in [9.17, 15) is 19.5 Å². The molecular formula is C27H38O6. The smallest absolute Gasteiger partial charge is 0.333 e. The van der Waals surface area contributed by atoms with Gasteiger partial charge in [0.2, 0.25) is 0 Å². The molecule has 0 radical (unpaired) electrons. The van der Waals surface area contributed by atoms with Gasteiger partial charge in [-0.15, -0.1) is 0 Å². The van der Waals surface area contributed by atoms with Crippen molar-refractivity contribution in [3.05, 3.63) is 23.8 Å². The fraction of sp³-hybridized carbons (Fsp3) is 0.741. The minimum Gasteiger partial charge on any atom is -0.481 e. The van der Waals surface area contributed by atoms with Crippen molar-refractivity contribution >= 4 is 17.9 Å². The zero-order valence-corrected chi connectivity index (χ0v) is 20.6. The molecule has 1 N–H and O–H groups in total. The lowest BCUT2D eigenvalue weighted by molar-refractivity contribution is -0.224. The van der Waals surface area contributed by atoms with Gasteiger partial charge in [-0.05, 0) is 82.1 Å². The third kappa shape index (κ3) is 3.23. The number of rotatable bonds is 4. The van der Waals surface area contributed by atoms with E-state index in [0.29, 0.717) is 24.8 Å². The van der Waals surface area contributed by atoms with Crippen molar-refractivity contribution in [3.8, 4) is 0 Å². The van der Waals surface area contributed by atoms with Gasteiger partial charge in [-0.25, -0.2) is 4.79 Å². The highest BCUT2D eigenvalue weighted by Crippen LogP contribution is 2.73. The Kier molecular flexibility index (Phi) is 5.82. The molecule has 0 amide bonds. The van der Waals surface area contributed by atoms with Crippen molar-refractivity contribution in [1.82, 2.24) is 0 Å². The lowest BCUT2D eigenvalue weighted by Gasteiger charge is -2.64. The fourth-order valence-corrected chi connectivity index (χ4v) is 8.48. The number of carboxylic acids is 1. The highest BCUT2D eigenvalue weighted by atomic mass is 16.6. The van der Waals surface area contributed by atoms with Gasteiger partial charge in [0, 0.05) is 18.4 Å². The van der Waals surface area contributed by atoms with E-state index in [4.69, 9.17) is 9.47 Å². The SMILES string of the molecule is C=C1[C@H]2CC[C@@H]3[C@]4(C)CCC[C@@](C)(C(=O)O)[C@H]4CC[C@@]3([C@H]1OC(=O)/C(C)=C\C)[C@H]2OC(C)=O. The van der Waals surface area contributed by atoms with E-state index in [1.165, 1.54) is 6.92 Å². The van der Waals surface area contributed by atoms with Gasteiger partial charge >= 0.3 is 17.9 Å². The second kappa shape index (κ2) is 7.99. The van der Waals surface area contributed by atoms with Crippen LogP contribution in [0.1, 0.15) is 79.6 Å². The molecule has 0 aromatic rings. The van der Waals surface area contributed by atoms with Crippen molar-refractivity contribution in [2.45, 2.75) is 91.8 Å². The third-order valence-corrected chi connectivity index (χ3v) is 10.0. The van der Waals surface area contributed by atoms with E-state index < -0.39 is 22.9 Å². The zero-order valence-electron chi connectivity index (χ0n) is 20.6. The maximum atomic E-state index is 12.9. The van der Waals surface area contributed by atoms with Crippen LogP contribution < -0.4 is 0 Å². The Labute approximate surface area is 196 Å². The predicted molar refractivity (Wildman–Crippen MR) is 123 cm³/mol. The van der Waals surface area contributed by atoms with E-state index in [1.54, 1.807) is 13.0 Å². The highest BCUT2D eigenvalue weighted by Gasteiger charge is 2.73. The van der Waals surface area contributed by atoms with Crippen LogP contribution in [-0.2, 0) is 23.9 Å². The number of carboxylic acid groups (broad SMARTS) is 1. The molecule has 4 fully saturated rings. The predicted octanol–water partition coefficient (Wildman–Crippen LogP) is 5.07. The van der Waals surface area contributed by atoms with E-state index in [1.807, 2.05) is 13.8 Å². The van der Waals surface area contributed by atoms with Gasteiger partial charge in [-0.1, -0.05) is 26.0 Å². The van der Waals surface area contributed by atoms with Crippen LogP contribution in [0.15, 0.2) is 23.8 Å². The summed E-state index contributed by atoms with van der Waals surface area (Å²) >= 11 is 0. The Bertz CT molecular complexity index is 920. The van der Waals surface area contributed by atoms with Crippen LogP contribution >= 0.6 is 0 Å². The van der Waals surface area contributed by atoms with Crippen molar-refractivity contribution < 1.29 is 29.0 Å². The molecule has 1 spiro atoms. The summed E-state index contributed by atoms with van der Waals surface area (Å²) in [5.41, 5.74) is -0.182. The molecule has 0 saturated heterocycles. The molecule has 0 unspecified atom stereocenters. The monoisotopic (exact) mass is 458 g/mol. The highest BCUT2D eigenvalue weighted by molar-refractivity contribution is 5.88. The second-order valence-corrected chi connectivity index (χ2v) is 11.4. The summed E-state index contributed by atoms with van der Waals surface area (Å²) in [5, 5.41) is 10.2. The van der Waals surface area contributed by atoms with Crippen LogP contribution in [0.2, 0.25) is 0 Å². The van der Waals surface area contributed by atoms with Gasteiger partial charge in [-0.3, -0.25) is 9.59 Å². The van der Waals surface area contributed by atoms with E-state index in [2.05, 4.69) is 13.5 Å². The van der Waals surface area contributed by atoms with Crippen molar-refractivity contribution in [1.29, 1.82) is 0 Å². The van der Waals surface area contributed by atoms with Gasteiger partial charge in [0.05, 0.1) is 10.8 Å². The minimum atomic E-state index is -0.772. The molecule has 6 nitrogen and oxygen atoms in total. The number of allylic oxidation sites excluding steroid dienone is 1. The van der Waals surface area contributed by atoms with E-state index in [0.717, 1.165) is 31.3 Å². The zero-order chi connectivity index (χ0) is 24.3. The van der Waals surface area contributed by atoms with Crippen molar-refractivity contribution in [3.63, 3.8) is 0 Å². The average Bonchev–Trinajstić information content (AvgIpc) is 2.86. The van der Waals surface area contributed by atoms with Gasteiger partial charge in [0.25, 0.3) is 0 Å². The summed E-state index contributed by atoms with van der Waals surface area (Å²) in [6, 6.07) is 0. The molecular weight excluding hydrogens is 420 g/mol. The molecule has 2 bridgehead atoms. The van der Waals surface area contributed by atoms with E-state index >= 15 is 0 Å². The Morgan fingerprint density at radius 1 is 1.03 bits per heavy atom. The maximum Gasteiger partial charge on any atom is 0.333 e. The first-order valence-electron chi connectivity index (χ1n) is 12.4. The van der Waals surface area contributed by atoms with Gasteiger partial charge in [0.15, 0.2) is 0 Å². The largest absolute Gasteiger partial charge is 0.481 e. The molecule has 182 valence electrons. The standard InChI is InChI=1S/C27H38O6/c1-7-15(2)23(29)33-21-16(3)18-9-10-20-25(5)12-8-13-26(6,24(30)31)19(25)11-14-27(20,21)22(18)32-17(4)28/h7,18-22H,3,8-14H2,1-2,4-6H3,(H,30,31)/b15-7-/t18-,19+,20-,21+,22+,25-,26-,27-/m1/s1. The number of fused-ring (bicyclic) bond motifs is 3. The lowest BCUT2D eigenvalue weighted by atomic mass is 9.40. The number of hydrogen-bond donors (Lipinski definition) is 1. The summed E-state index contributed by atoms with van der Waals surface area (Å²) in [6.45, 7) is 13.5. The molecule has 4 rings (SSSR count). The quantitative estimate of drug-likeness (QED) is 0.359. The fourth-order valence-electron chi connectivity index (χ4n) is 8.48. The van der Waals surface area contributed by atoms with Crippen molar-refractivity contribution in [2.24, 2.45) is 34.0 Å². The molecule has 8 atom stereocenters. The minimum absolute atomic E-state index is 0.0314. The van der Waals surface area contributed by atoms with Crippen molar-refractivity contribution in [2.75, 3.05) is 0 Å². The van der Waals surface area contributed by atoms with Crippen LogP contribution in [-0.4, -0.2) is 35.2 Å². The van der Waals surface area contributed by atoms with Crippen LogP contribution in [0.25, 0.3) is 0 Å². The summed E-state index contributed by atoms with van der Waals surface area (Å²) < 4.78 is 12.2. The molecule has 0 heterocycles. The Hall–Kier alpha value is -2.11. The second-order valence-electron chi connectivity index (χ2n) is 11.4. The Morgan fingerprint density at radius 2 is 1.73 bits per heavy atom. The molecule has 6 heteroatoms. The van der Waals surface area contributed by atoms with Gasteiger partial charge in [0.1, 0.15) is 12.2 Å². The summed E-state index contributed by atoms with van der Waals surface area (Å²) in [5.74, 6) is -1.33. The normalized spacial score (nSPS) is 44.5. The summed E-state index contributed by atoms with van der Waals surface area (Å²) in [6.07, 6.45) is 6.39. The first-order chi connectivity index (χ1) is 15.4. The Morgan fingerprint density at radius 3 is 2.33 bits per heavy atom. The van der Waals surface area contributed by atoms with E-state index in [-0.39, 0.29) is 41.2 Å². The molecule has 0 aliphatic heterocycles. The number of esters is 2. The molecule has 33 heavy (non-hydrogen) atoms. The average molecular weight is 459 g/mol. The first-order valence-corrected chi connectivity index (χ1v) is 12.4. The number of aliphatic carboxylic acids is 1. The number of hydrogen-bond acceptors (Lipinski definition) is 5. The lowest BCUT2D eigenvalue weighted by Crippen LogP contribution is -2.64. The number of carbonyl (C=O) groups excluding carboxylic acids is 2. The first kappa shape index (κ1) is 24.0. The maximum absolute atomic E-state index is 12.9. The summed E-state index contributed by atoms with van der Waals surface area (Å²) in [7, 11) is 0. The van der Waals surface area contributed by atoms with Crippen LogP contribution in [0, 0.1) is 34.0 Å². The van der Waals surface area contributed by atoms with Gasteiger partial charge in [-0.2, -0.15) is 0 Å². The van der Waals surface area contributed by atoms with Crippen LogP contribution in [0.4, 0.5) is 0 Å².